The molecule has 1 aliphatic carbocycles. The maximum absolute atomic E-state index is 11.8. The van der Waals surface area contributed by atoms with E-state index in [9.17, 15) is 19.8 Å². The minimum Gasteiger partial charge on any atom is -0.481 e. The van der Waals surface area contributed by atoms with Gasteiger partial charge in [0.25, 0.3) is 0 Å². The Bertz CT molecular complexity index is 404. The second kappa shape index (κ2) is 10.6. The molecule has 0 bridgehead atoms. The highest BCUT2D eigenvalue weighted by Crippen LogP contribution is 2.32. The number of ketones is 1. The van der Waals surface area contributed by atoms with Gasteiger partial charge in [-0.15, -0.1) is 0 Å². The fourth-order valence-corrected chi connectivity index (χ4v) is 3.25. The quantitative estimate of drug-likeness (QED) is 0.401. The maximum atomic E-state index is 11.8. The summed E-state index contributed by atoms with van der Waals surface area (Å²) in [7, 11) is 0. The van der Waals surface area contributed by atoms with Gasteiger partial charge in [-0.3, -0.25) is 9.59 Å². The molecule has 0 radical (unpaired) electrons. The molecule has 0 unspecified atom stereocenters. The van der Waals surface area contributed by atoms with Crippen molar-refractivity contribution >= 4 is 11.8 Å². The first kappa shape index (κ1) is 19.8. The number of aliphatic carboxylic acids is 1. The molecule has 0 heterocycles. The predicted molar refractivity (Wildman–Crippen MR) is 88.0 cm³/mol. The maximum Gasteiger partial charge on any atom is 0.303 e. The van der Waals surface area contributed by atoms with Crippen LogP contribution in [0.2, 0.25) is 0 Å². The molecule has 4 atom stereocenters. The topological polar surface area (TPSA) is 94.8 Å². The molecule has 0 spiro atoms. The van der Waals surface area contributed by atoms with E-state index in [0.717, 1.165) is 32.1 Å². The molecular weight excluding hydrogens is 296 g/mol. The van der Waals surface area contributed by atoms with Gasteiger partial charge in [-0.1, -0.05) is 44.8 Å². The molecule has 5 nitrogen and oxygen atoms in total. The van der Waals surface area contributed by atoms with Crippen molar-refractivity contribution in [3.63, 3.8) is 0 Å². The van der Waals surface area contributed by atoms with E-state index in [0.29, 0.717) is 12.8 Å². The zero-order valence-corrected chi connectivity index (χ0v) is 14.0. The van der Waals surface area contributed by atoms with Crippen molar-refractivity contribution in [3.05, 3.63) is 12.2 Å². The van der Waals surface area contributed by atoms with Crippen molar-refractivity contribution in [1.82, 2.24) is 0 Å². The monoisotopic (exact) mass is 326 g/mol. The Kier molecular flexibility index (Phi) is 9.10. The molecule has 0 aliphatic heterocycles. The van der Waals surface area contributed by atoms with E-state index in [-0.39, 0.29) is 30.5 Å². The smallest absolute Gasteiger partial charge is 0.303 e. The molecule has 0 saturated heterocycles. The lowest BCUT2D eigenvalue weighted by Gasteiger charge is -2.16. The fourth-order valence-electron chi connectivity index (χ4n) is 3.25. The first-order chi connectivity index (χ1) is 11.0. The van der Waals surface area contributed by atoms with Gasteiger partial charge in [0.2, 0.25) is 0 Å². The molecule has 132 valence electrons. The summed E-state index contributed by atoms with van der Waals surface area (Å²) in [5, 5.41) is 28.3. The van der Waals surface area contributed by atoms with Crippen molar-refractivity contribution in [2.24, 2.45) is 11.8 Å². The van der Waals surface area contributed by atoms with Crippen LogP contribution < -0.4 is 0 Å². The van der Waals surface area contributed by atoms with E-state index < -0.39 is 18.2 Å². The number of aliphatic hydroxyl groups is 2. The van der Waals surface area contributed by atoms with Gasteiger partial charge in [0, 0.05) is 18.8 Å². The molecule has 0 aromatic rings. The number of rotatable bonds is 11. The summed E-state index contributed by atoms with van der Waals surface area (Å²) < 4.78 is 0. The summed E-state index contributed by atoms with van der Waals surface area (Å²) in [4.78, 5) is 22.2. The Hall–Kier alpha value is -1.20. The molecule has 0 aromatic heterocycles. The number of carbonyl (C=O) groups is 2. The van der Waals surface area contributed by atoms with Crippen molar-refractivity contribution < 1.29 is 24.9 Å². The van der Waals surface area contributed by atoms with Crippen molar-refractivity contribution in [3.8, 4) is 0 Å². The number of aliphatic hydroxyl groups excluding tert-OH is 2. The number of carboxylic acids is 1. The van der Waals surface area contributed by atoms with Crippen LogP contribution in [0.15, 0.2) is 12.2 Å². The summed E-state index contributed by atoms with van der Waals surface area (Å²) in [5.74, 6) is -0.977. The number of hydrogen-bond acceptors (Lipinski definition) is 4. The summed E-state index contributed by atoms with van der Waals surface area (Å²) in [5.41, 5.74) is 0. The fraction of sp³-hybridized carbons (Fsp3) is 0.778. The second-order valence-corrected chi connectivity index (χ2v) is 6.49. The zero-order valence-electron chi connectivity index (χ0n) is 14.0. The molecule has 23 heavy (non-hydrogen) atoms. The van der Waals surface area contributed by atoms with Gasteiger partial charge >= 0.3 is 5.97 Å². The molecule has 0 aromatic carbocycles. The normalized spacial score (nSPS) is 26.0. The van der Waals surface area contributed by atoms with Gasteiger partial charge in [0.1, 0.15) is 5.78 Å². The molecule has 3 N–H and O–H groups in total. The summed E-state index contributed by atoms with van der Waals surface area (Å²) in [6.07, 6.45) is 8.66. The first-order valence-corrected chi connectivity index (χ1v) is 8.74. The molecule has 1 aliphatic rings. The van der Waals surface area contributed by atoms with Crippen LogP contribution in [0.25, 0.3) is 0 Å². The van der Waals surface area contributed by atoms with E-state index in [1.165, 1.54) is 0 Å². The lowest BCUT2D eigenvalue weighted by molar-refractivity contribution is -0.137. The van der Waals surface area contributed by atoms with Crippen LogP contribution in [0.5, 0.6) is 0 Å². The van der Waals surface area contributed by atoms with Crippen LogP contribution in [0.4, 0.5) is 0 Å². The van der Waals surface area contributed by atoms with Crippen molar-refractivity contribution in [2.75, 3.05) is 0 Å². The highest BCUT2D eigenvalue weighted by molar-refractivity contribution is 5.85. The van der Waals surface area contributed by atoms with E-state index >= 15 is 0 Å². The van der Waals surface area contributed by atoms with Gasteiger partial charge in [-0.2, -0.15) is 0 Å². The SMILES string of the molecule is CC[C@@H]1[C@H](/C=C/[C@@H](O)CCCCCCCC(=O)O)C(=O)C[C@@H]1O. The summed E-state index contributed by atoms with van der Waals surface area (Å²) in [6, 6.07) is 0. The lowest BCUT2D eigenvalue weighted by Crippen LogP contribution is -2.18. The predicted octanol–water partition coefficient (Wildman–Crippen LogP) is 2.69. The molecule has 5 heteroatoms. The van der Waals surface area contributed by atoms with Crippen LogP contribution in [0.1, 0.15) is 64.7 Å². The Morgan fingerprint density at radius 1 is 1.26 bits per heavy atom. The number of carbonyl (C=O) groups excluding carboxylic acids is 1. The number of carboxylic acid groups (broad SMARTS) is 1. The van der Waals surface area contributed by atoms with Crippen LogP contribution in [0.3, 0.4) is 0 Å². The number of allylic oxidation sites excluding steroid dienone is 1. The van der Waals surface area contributed by atoms with Gasteiger partial charge < -0.3 is 15.3 Å². The number of Topliss-reactive ketones (excluding diaryl/α,β-unsaturated/α-hetero) is 1. The third-order valence-corrected chi connectivity index (χ3v) is 4.64. The van der Waals surface area contributed by atoms with E-state index in [1.54, 1.807) is 12.2 Å². The van der Waals surface area contributed by atoms with E-state index in [1.807, 2.05) is 6.92 Å². The van der Waals surface area contributed by atoms with Crippen molar-refractivity contribution in [2.45, 2.75) is 76.9 Å². The third-order valence-electron chi connectivity index (χ3n) is 4.64. The molecule has 0 amide bonds. The Balaban J connectivity index is 2.19. The Morgan fingerprint density at radius 2 is 1.91 bits per heavy atom. The van der Waals surface area contributed by atoms with Crippen LogP contribution in [0, 0.1) is 11.8 Å². The third kappa shape index (κ3) is 7.27. The standard InChI is InChI=1S/C18H30O5/c1-2-14-15(17(21)12-16(14)20)11-10-13(19)8-6-4-3-5-7-9-18(22)23/h10-11,13-16,19-20H,2-9,12H2,1H3,(H,22,23)/b11-10+/t13-,14+,15-,16-/m0/s1. The largest absolute Gasteiger partial charge is 0.481 e. The van der Waals surface area contributed by atoms with Crippen LogP contribution >= 0.6 is 0 Å². The average Bonchev–Trinajstić information content (AvgIpc) is 2.76. The number of unbranched alkanes of at least 4 members (excludes halogenated alkanes) is 4. The molecular formula is C18H30O5. The van der Waals surface area contributed by atoms with E-state index in [4.69, 9.17) is 5.11 Å². The van der Waals surface area contributed by atoms with Gasteiger partial charge in [0.15, 0.2) is 0 Å². The molecule has 1 rings (SSSR count). The first-order valence-electron chi connectivity index (χ1n) is 8.74. The van der Waals surface area contributed by atoms with Crippen molar-refractivity contribution in [1.29, 1.82) is 0 Å². The Morgan fingerprint density at radius 3 is 2.57 bits per heavy atom. The van der Waals surface area contributed by atoms with Crippen LogP contribution in [-0.2, 0) is 9.59 Å². The Labute approximate surface area is 138 Å². The van der Waals surface area contributed by atoms with Gasteiger partial charge in [0.05, 0.1) is 12.2 Å². The van der Waals surface area contributed by atoms with Gasteiger partial charge in [-0.25, -0.2) is 0 Å². The minimum atomic E-state index is -0.748. The lowest BCUT2D eigenvalue weighted by atomic mass is 9.91. The summed E-state index contributed by atoms with van der Waals surface area (Å²) in [6.45, 7) is 1.97. The highest BCUT2D eigenvalue weighted by Gasteiger charge is 2.38. The number of hydrogen-bond donors (Lipinski definition) is 3. The molecule has 1 fully saturated rings. The highest BCUT2D eigenvalue weighted by atomic mass is 16.4. The van der Waals surface area contributed by atoms with Crippen LogP contribution in [-0.4, -0.2) is 39.3 Å². The second-order valence-electron chi connectivity index (χ2n) is 6.49. The van der Waals surface area contributed by atoms with Gasteiger partial charge in [-0.05, 0) is 25.2 Å². The molecule has 1 saturated carbocycles. The van der Waals surface area contributed by atoms with E-state index in [2.05, 4.69) is 0 Å². The zero-order chi connectivity index (χ0) is 17.2. The average molecular weight is 326 g/mol. The summed E-state index contributed by atoms with van der Waals surface area (Å²) >= 11 is 0. The minimum absolute atomic E-state index is 0.0276.